The lowest BCUT2D eigenvalue weighted by Crippen LogP contribution is -2.36. The van der Waals surface area contributed by atoms with E-state index in [-0.39, 0.29) is 10.6 Å². The summed E-state index contributed by atoms with van der Waals surface area (Å²) >= 11 is 5.65. The van der Waals surface area contributed by atoms with Gasteiger partial charge in [-0.2, -0.15) is 0 Å². The third-order valence-corrected chi connectivity index (χ3v) is 2.32. The number of piperidine rings is 1. The maximum Gasteiger partial charge on any atom is 0.251 e. The van der Waals surface area contributed by atoms with Crippen molar-refractivity contribution in [3.05, 3.63) is 34.6 Å². The average molecular weight is 280 g/mol. The SMILES string of the molecule is [2H]C1([2H])NC([2H])([2H])C([2H])([2H])C([2H])(CNC(=O)c2cc(F)cc(Cl)c2)C1([2H])[2H]. The molecule has 1 heterocycles. The number of hydrogen-bond donors (Lipinski definition) is 2. The largest absolute Gasteiger partial charge is 0.352 e. The van der Waals surface area contributed by atoms with Crippen LogP contribution in [-0.2, 0) is 0 Å². The molecule has 0 atom stereocenters. The van der Waals surface area contributed by atoms with E-state index in [2.05, 4.69) is 5.32 Å². The van der Waals surface area contributed by atoms with E-state index in [4.69, 9.17) is 23.9 Å². The molecule has 2 rings (SSSR count). The molecule has 0 aromatic heterocycles. The Kier molecular flexibility index (Phi) is 2.01. The van der Waals surface area contributed by atoms with Gasteiger partial charge >= 0.3 is 0 Å². The van der Waals surface area contributed by atoms with Gasteiger partial charge in [0.2, 0.25) is 0 Å². The number of rotatable bonds is 3. The molecule has 98 valence electrons. The summed E-state index contributed by atoms with van der Waals surface area (Å²) in [5.74, 6) is -4.90. The van der Waals surface area contributed by atoms with Crippen molar-refractivity contribution >= 4 is 17.5 Å². The van der Waals surface area contributed by atoms with Crippen LogP contribution in [0.5, 0.6) is 0 Å². The summed E-state index contributed by atoms with van der Waals surface area (Å²) in [4.78, 5) is 12.2. The molecule has 1 fully saturated rings. The summed E-state index contributed by atoms with van der Waals surface area (Å²) < 4.78 is 84.2. The Morgan fingerprint density at radius 3 is 2.94 bits per heavy atom. The van der Waals surface area contributed by atoms with Gasteiger partial charge in [-0.15, -0.1) is 0 Å². The van der Waals surface area contributed by atoms with Crippen LogP contribution >= 0.6 is 11.6 Å². The summed E-state index contributed by atoms with van der Waals surface area (Å²) in [6, 6.07) is 2.86. The predicted octanol–water partition coefficient (Wildman–Crippen LogP) is 2.21. The number of carbonyl (C=O) groups excluding carboxylic acids is 1. The lowest BCUT2D eigenvalue weighted by molar-refractivity contribution is 0.0944. The molecule has 0 aliphatic carbocycles. The van der Waals surface area contributed by atoms with Gasteiger partial charge in [-0.3, -0.25) is 4.79 Å². The number of hydrogen-bond acceptors (Lipinski definition) is 2. The van der Waals surface area contributed by atoms with Gasteiger partial charge < -0.3 is 10.6 Å². The monoisotopic (exact) mass is 279 g/mol. The second-order valence-corrected chi connectivity index (χ2v) is 3.88. The second-order valence-electron chi connectivity index (χ2n) is 3.44. The fourth-order valence-electron chi connectivity index (χ4n) is 1.32. The van der Waals surface area contributed by atoms with Crippen molar-refractivity contribution in [1.82, 2.24) is 10.6 Å². The van der Waals surface area contributed by atoms with Crippen LogP contribution in [0, 0.1) is 11.7 Å². The highest BCUT2D eigenvalue weighted by atomic mass is 35.5. The summed E-state index contributed by atoms with van der Waals surface area (Å²) in [5, 5.41) is 3.58. The zero-order valence-corrected chi connectivity index (χ0v) is 9.86. The van der Waals surface area contributed by atoms with Gasteiger partial charge in [-0.1, -0.05) is 11.6 Å². The van der Waals surface area contributed by atoms with E-state index in [0.717, 1.165) is 18.2 Å². The van der Waals surface area contributed by atoms with Gasteiger partial charge in [-0.25, -0.2) is 4.39 Å². The molecule has 3 nitrogen and oxygen atoms in total. The van der Waals surface area contributed by atoms with Crippen LogP contribution in [0.25, 0.3) is 0 Å². The Hall–Kier alpha value is -1.13. The highest BCUT2D eigenvalue weighted by Crippen LogP contribution is 2.15. The Morgan fingerprint density at radius 2 is 2.28 bits per heavy atom. The molecular weight excluding hydrogens is 255 g/mol. The van der Waals surface area contributed by atoms with Crippen LogP contribution in [0.4, 0.5) is 4.39 Å². The van der Waals surface area contributed by atoms with Crippen LogP contribution in [0.1, 0.15) is 35.4 Å². The first-order chi connectivity index (χ1) is 12.0. The highest BCUT2D eigenvalue weighted by Gasteiger charge is 2.15. The Morgan fingerprint density at radius 1 is 1.56 bits per heavy atom. The minimum Gasteiger partial charge on any atom is -0.352 e. The van der Waals surface area contributed by atoms with E-state index in [9.17, 15) is 9.18 Å². The average Bonchev–Trinajstić information content (AvgIpc) is 2.48. The van der Waals surface area contributed by atoms with Crippen LogP contribution in [0.3, 0.4) is 0 Å². The fraction of sp³-hybridized carbons (Fsp3) is 0.462. The number of carbonyl (C=O) groups is 1. The molecule has 0 spiro atoms. The van der Waals surface area contributed by atoms with Crippen molar-refractivity contribution in [2.75, 3.05) is 19.5 Å². The number of nitrogens with one attached hydrogen (secondary N) is 2. The zero-order valence-electron chi connectivity index (χ0n) is 18.1. The normalized spacial score (nSPS) is 36.9. The maximum atomic E-state index is 13.4. The first kappa shape index (κ1) is 5.88. The van der Waals surface area contributed by atoms with Gasteiger partial charge in [-0.05, 0) is 49.8 Å². The van der Waals surface area contributed by atoms with Gasteiger partial charge in [0, 0.05) is 29.5 Å². The van der Waals surface area contributed by atoms with E-state index in [1.165, 1.54) is 0 Å². The Bertz CT molecular complexity index is 728. The van der Waals surface area contributed by atoms with Crippen molar-refractivity contribution in [2.45, 2.75) is 12.7 Å². The van der Waals surface area contributed by atoms with E-state index < -0.39 is 49.9 Å². The fourth-order valence-corrected chi connectivity index (χ4v) is 1.54. The molecule has 0 unspecified atom stereocenters. The molecule has 1 aromatic rings. The summed E-state index contributed by atoms with van der Waals surface area (Å²) in [6.07, 6.45) is -6.50. The van der Waals surface area contributed by atoms with E-state index in [1.54, 1.807) is 5.32 Å². The molecule has 1 aliphatic heterocycles. The first-order valence-corrected chi connectivity index (χ1v) is 5.40. The van der Waals surface area contributed by atoms with Crippen molar-refractivity contribution < 1.29 is 21.5 Å². The van der Waals surface area contributed by atoms with Crippen molar-refractivity contribution in [2.24, 2.45) is 5.89 Å². The third-order valence-electron chi connectivity index (χ3n) is 2.10. The van der Waals surface area contributed by atoms with Gasteiger partial charge in [0.25, 0.3) is 5.91 Å². The van der Waals surface area contributed by atoms with Crippen molar-refractivity contribution in [3.63, 3.8) is 0 Å². The van der Waals surface area contributed by atoms with Crippen LogP contribution in [-0.4, -0.2) is 25.4 Å². The maximum absolute atomic E-state index is 13.4. The van der Waals surface area contributed by atoms with Crippen molar-refractivity contribution in [1.29, 1.82) is 0 Å². The summed E-state index contributed by atoms with van der Waals surface area (Å²) in [5.41, 5.74) is -0.273. The molecule has 0 saturated carbocycles. The summed E-state index contributed by atoms with van der Waals surface area (Å²) in [7, 11) is 0. The lowest BCUT2D eigenvalue weighted by atomic mass is 9.98. The molecule has 1 aliphatic rings. The van der Waals surface area contributed by atoms with E-state index in [0.29, 0.717) is 0 Å². The standard InChI is InChI=1S/C13H16ClFN2O/c14-11-5-10(6-12(15)7-11)13(18)17-8-9-1-3-16-4-2-9/h5-7,9,16H,1-4,8H2,(H,17,18)/i1D2,2D2,3D2,4D2,9D. The van der Waals surface area contributed by atoms with Crippen molar-refractivity contribution in [3.8, 4) is 0 Å². The molecule has 5 heteroatoms. The van der Waals surface area contributed by atoms with Crippen LogP contribution in [0.15, 0.2) is 18.2 Å². The molecule has 1 aromatic carbocycles. The van der Waals surface area contributed by atoms with Crippen LogP contribution < -0.4 is 10.6 Å². The van der Waals surface area contributed by atoms with Gasteiger partial charge in [0.05, 0.1) is 0 Å². The molecule has 1 saturated heterocycles. The van der Waals surface area contributed by atoms with E-state index in [1.807, 2.05) is 0 Å². The number of benzene rings is 1. The highest BCUT2D eigenvalue weighted by molar-refractivity contribution is 6.31. The smallest absolute Gasteiger partial charge is 0.251 e. The first-order valence-electron chi connectivity index (χ1n) is 9.52. The van der Waals surface area contributed by atoms with Crippen LogP contribution in [0.2, 0.25) is 5.02 Å². The molecule has 0 bridgehead atoms. The van der Waals surface area contributed by atoms with E-state index >= 15 is 0 Å². The van der Waals surface area contributed by atoms with Gasteiger partial charge in [0.15, 0.2) is 0 Å². The topological polar surface area (TPSA) is 41.1 Å². The minimum atomic E-state index is -3.25. The third kappa shape index (κ3) is 3.68. The Balaban J connectivity index is 2.39. The number of amides is 1. The quantitative estimate of drug-likeness (QED) is 0.891. The predicted molar refractivity (Wildman–Crippen MR) is 69.3 cm³/mol. The zero-order chi connectivity index (χ0) is 21.1. The lowest BCUT2D eigenvalue weighted by Gasteiger charge is -2.22. The summed E-state index contributed by atoms with van der Waals surface area (Å²) in [6.45, 7) is -7.31. The molecule has 1 amide bonds. The van der Waals surface area contributed by atoms with Gasteiger partial charge in [0.1, 0.15) is 5.82 Å². The Labute approximate surface area is 123 Å². The molecule has 0 radical (unpaired) electrons. The molecule has 18 heavy (non-hydrogen) atoms. The second kappa shape index (κ2) is 6.16. The molecular formula is C13H16ClFN2O. The molecule has 2 N–H and O–H groups in total. The minimum absolute atomic E-state index is 0.0964. The number of halogens is 2.